The van der Waals surface area contributed by atoms with Crippen LogP contribution in [0.15, 0.2) is 207 Å². The van der Waals surface area contributed by atoms with Crippen molar-refractivity contribution >= 4 is 33.6 Å². The van der Waals surface area contributed by atoms with Crippen molar-refractivity contribution in [3.8, 4) is 0 Å². The molecule has 0 amide bonds. The Balaban J connectivity index is 4.69. The van der Waals surface area contributed by atoms with Crippen molar-refractivity contribution in [2.75, 3.05) is 39.6 Å². The lowest BCUT2D eigenvalue weighted by atomic mass is 10.1. The summed E-state index contributed by atoms with van der Waals surface area (Å²) in [6.45, 7) is 2.24. The summed E-state index contributed by atoms with van der Waals surface area (Å²) in [5.41, 5.74) is 0. The molecule has 0 radical (unpaired) electrons. The monoisotopic (exact) mass is 1530 g/mol. The lowest BCUT2D eigenvalue weighted by Crippen LogP contribution is -2.30. The van der Waals surface area contributed by atoms with E-state index in [1.54, 1.807) is 0 Å². The molecule has 18 heteroatoms. The molecular weight excluding hydrogens is 1390 g/mol. The molecule has 0 saturated heterocycles. The summed E-state index contributed by atoms with van der Waals surface area (Å²) < 4.78 is 61.2. The molecule has 0 bridgehead atoms. The van der Waals surface area contributed by atoms with E-state index in [-0.39, 0.29) is 19.3 Å². The maximum atomic E-state index is 13.0. The van der Waals surface area contributed by atoms with Gasteiger partial charge in [-0.15, -0.1) is 0 Å². The summed E-state index contributed by atoms with van der Waals surface area (Å²) in [7, 11) is -9.83. The van der Waals surface area contributed by atoms with Gasteiger partial charge in [-0.25, -0.2) is 9.13 Å². The van der Waals surface area contributed by atoms with E-state index in [1.165, 1.54) is 32.1 Å². The van der Waals surface area contributed by atoms with Crippen LogP contribution < -0.4 is 0 Å². The Morgan fingerprint density at radius 3 is 0.748 bits per heavy atom. The maximum Gasteiger partial charge on any atom is 0.472 e. The zero-order chi connectivity index (χ0) is 78.0. The average Bonchev–Trinajstić information content (AvgIpc) is 0.907. The number of esters is 3. The van der Waals surface area contributed by atoms with Gasteiger partial charge in [0.2, 0.25) is 0 Å². The fourth-order valence-corrected chi connectivity index (χ4v) is 11.5. The molecule has 0 spiro atoms. The number of hydrogen-bond acceptors (Lipinski definition) is 14. The molecule has 16 nitrogen and oxygen atoms in total. The molecule has 0 aliphatic carbocycles. The topological polar surface area (TPSA) is 231 Å². The van der Waals surface area contributed by atoms with Crippen LogP contribution in [0.3, 0.4) is 0 Å². The predicted octanol–water partition coefficient (Wildman–Crippen LogP) is 24.1. The molecule has 5 atom stereocenters. The van der Waals surface area contributed by atoms with Crippen molar-refractivity contribution < 1.29 is 75.8 Å². The van der Waals surface area contributed by atoms with E-state index in [2.05, 4.69) is 227 Å². The Morgan fingerprint density at radius 1 is 0.262 bits per heavy atom. The molecule has 4 N–H and O–H groups in total. The van der Waals surface area contributed by atoms with Crippen LogP contribution in [-0.4, -0.2) is 95.9 Å². The van der Waals surface area contributed by atoms with Crippen molar-refractivity contribution in [3.63, 3.8) is 0 Å². The van der Waals surface area contributed by atoms with Crippen molar-refractivity contribution in [1.29, 1.82) is 0 Å². The first-order valence-corrected chi connectivity index (χ1v) is 43.4. The normalized spacial score (nSPS) is 15.0. The van der Waals surface area contributed by atoms with Gasteiger partial charge in [0.1, 0.15) is 25.4 Å². The Hall–Kier alpha value is -5.87. The minimum absolute atomic E-state index is 0.0504. The van der Waals surface area contributed by atoms with Gasteiger partial charge < -0.3 is 34.2 Å². The maximum absolute atomic E-state index is 13.0. The SMILES string of the molecule is CC/C=C\C/C=C\C/C=C\C/C=C\C/C=C\C/C=C\CCCCCCCCCCCCC(=O)OCC(O)COP(=O)(O)OCC(O)COP(=O)(O)OCC(COC(=O)CCCCCC/C=C\C/C=C\C/C=C\C/C=C\C/C=C\C/C=C\CC)OC(=O)CCCCC/C=C\C/C=C\C/C=C\C/C=C\C/C=C\CC. The second-order valence-corrected chi connectivity index (χ2v) is 29.0. The van der Waals surface area contributed by atoms with Crippen LogP contribution in [0.1, 0.15) is 278 Å². The first-order valence-electron chi connectivity index (χ1n) is 40.4. The first kappa shape index (κ1) is 101. The van der Waals surface area contributed by atoms with Crippen LogP contribution in [0, 0.1) is 0 Å². The molecule has 604 valence electrons. The number of aliphatic hydroxyl groups is 2. The van der Waals surface area contributed by atoms with Crippen LogP contribution >= 0.6 is 15.6 Å². The van der Waals surface area contributed by atoms with E-state index in [4.69, 9.17) is 32.3 Å². The number of unbranched alkanes of at least 4 members (excludes halogenated alkanes) is 17. The van der Waals surface area contributed by atoms with E-state index < -0.39 is 91.5 Å². The van der Waals surface area contributed by atoms with Gasteiger partial charge in [0.15, 0.2) is 6.10 Å². The van der Waals surface area contributed by atoms with Gasteiger partial charge in [-0.3, -0.25) is 32.5 Å². The molecule has 0 saturated carbocycles. The van der Waals surface area contributed by atoms with Crippen molar-refractivity contribution in [3.05, 3.63) is 207 Å². The molecule has 0 aliphatic rings. The summed E-state index contributed by atoms with van der Waals surface area (Å²) in [6.07, 6.45) is 106. The zero-order valence-corrected chi connectivity index (χ0v) is 67.8. The number of ether oxygens (including phenoxy) is 3. The summed E-state index contributed by atoms with van der Waals surface area (Å²) in [5.74, 6) is -1.66. The number of phosphoric acid groups is 2. The van der Waals surface area contributed by atoms with Crippen molar-refractivity contribution in [2.45, 2.75) is 296 Å². The number of phosphoric ester groups is 2. The van der Waals surface area contributed by atoms with Crippen molar-refractivity contribution in [1.82, 2.24) is 0 Å². The predicted molar refractivity (Wildman–Crippen MR) is 444 cm³/mol. The van der Waals surface area contributed by atoms with E-state index >= 15 is 0 Å². The summed E-state index contributed by atoms with van der Waals surface area (Å²) >= 11 is 0. The van der Waals surface area contributed by atoms with Crippen LogP contribution in [0.25, 0.3) is 0 Å². The molecule has 0 heterocycles. The van der Waals surface area contributed by atoms with Crippen LogP contribution in [-0.2, 0) is 55.8 Å². The van der Waals surface area contributed by atoms with Gasteiger partial charge in [0.05, 0.1) is 26.4 Å². The molecule has 0 fully saturated rings. The minimum Gasteiger partial charge on any atom is -0.463 e. The van der Waals surface area contributed by atoms with Crippen LogP contribution in [0.4, 0.5) is 0 Å². The van der Waals surface area contributed by atoms with Crippen LogP contribution in [0.5, 0.6) is 0 Å². The number of allylic oxidation sites excluding steroid dienone is 34. The zero-order valence-electron chi connectivity index (χ0n) is 66.0. The highest BCUT2D eigenvalue weighted by Gasteiger charge is 2.29. The molecule has 0 aliphatic heterocycles. The van der Waals surface area contributed by atoms with E-state index in [1.807, 2.05) is 0 Å². The fourth-order valence-electron chi connectivity index (χ4n) is 9.96. The highest BCUT2D eigenvalue weighted by atomic mass is 31.2. The number of rotatable bonds is 74. The Bertz CT molecular complexity index is 2770. The Kier molecular flexibility index (Phi) is 75.3. The quantitative estimate of drug-likeness (QED) is 0.0146. The highest BCUT2D eigenvalue weighted by molar-refractivity contribution is 7.47. The number of carbonyl (C=O) groups is 3. The van der Waals surface area contributed by atoms with Gasteiger partial charge in [0, 0.05) is 19.3 Å². The lowest BCUT2D eigenvalue weighted by Gasteiger charge is -2.21. The molecule has 0 rings (SSSR count). The van der Waals surface area contributed by atoms with E-state index in [0.717, 1.165) is 186 Å². The second-order valence-electron chi connectivity index (χ2n) is 26.1. The average molecular weight is 1530 g/mol. The third-order valence-electron chi connectivity index (χ3n) is 16.0. The van der Waals surface area contributed by atoms with E-state index in [0.29, 0.717) is 19.3 Å². The molecule has 0 aromatic rings. The van der Waals surface area contributed by atoms with Gasteiger partial charge >= 0.3 is 33.6 Å². The summed E-state index contributed by atoms with van der Waals surface area (Å²) in [4.78, 5) is 58.7. The first-order chi connectivity index (χ1) is 52.2. The molecule has 0 aromatic heterocycles. The molecule has 0 aromatic carbocycles. The minimum atomic E-state index is -4.96. The summed E-state index contributed by atoms with van der Waals surface area (Å²) in [6, 6.07) is 0. The Morgan fingerprint density at radius 2 is 0.467 bits per heavy atom. The molecule has 107 heavy (non-hydrogen) atoms. The number of carbonyl (C=O) groups excluding carboxylic acids is 3. The summed E-state index contributed by atoms with van der Waals surface area (Å²) in [5, 5.41) is 20.7. The van der Waals surface area contributed by atoms with Gasteiger partial charge in [0.25, 0.3) is 0 Å². The Labute approximate surface area is 648 Å². The van der Waals surface area contributed by atoms with Crippen LogP contribution in [0.2, 0.25) is 0 Å². The van der Waals surface area contributed by atoms with Gasteiger partial charge in [-0.2, -0.15) is 0 Å². The number of hydrogen-bond donors (Lipinski definition) is 4. The third-order valence-corrected chi connectivity index (χ3v) is 17.9. The van der Waals surface area contributed by atoms with Gasteiger partial charge in [-0.1, -0.05) is 298 Å². The third kappa shape index (κ3) is 81.0. The lowest BCUT2D eigenvalue weighted by molar-refractivity contribution is -0.161. The largest absolute Gasteiger partial charge is 0.472 e. The van der Waals surface area contributed by atoms with E-state index in [9.17, 15) is 43.5 Å². The fraction of sp³-hybridized carbons (Fsp3) is 0.584. The molecule has 5 unspecified atom stereocenters. The second kappa shape index (κ2) is 79.7. The number of aliphatic hydroxyl groups excluding tert-OH is 2. The smallest absolute Gasteiger partial charge is 0.463 e. The van der Waals surface area contributed by atoms with Crippen molar-refractivity contribution in [2.24, 2.45) is 0 Å². The van der Waals surface area contributed by atoms with Gasteiger partial charge in [-0.05, 0) is 167 Å². The standard InChI is InChI=1S/C89H142O16P2/c1-4-7-10-13-16-19-22-25-28-31-34-36-38-39-40-41-42-43-45-47-49-51-54-57-60-63-66-69-72-75-87(92)99-78-84(90)79-101-106(95,96)102-80-85(91)81-103-107(97,98)104-83-86(105-89(94)77-74-71-68-65-62-59-56-53-48-33-30-27-24-21-18-15-12-9-6-3)82-100-88(93)76-73-70-67-64-61-58-55-52-50-46-44-37-35-32-29-26-23-20-17-14-11-8-5-2/h7-12,16-21,25-30,34-37,39-40,42-43,46,48,50,53,55,58-59,62,84-86,90-91H,4-6,13-15,22-24,31-33,38,41,44-45,47,49,51-52,54,56-57,60-61,63-83H2,1-3H3,(H,95,96)(H,97,98)/b10-7-,11-8-,12-9-,19-16-,20-17-,21-18-,28-25-,29-26-,30-27-,36-34-,37-35-,40-39-,43-42-,50-46-,53-48-,58-55-,62-59-. The highest BCUT2D eigenvalue weighted by Crippen LogP contribution is 2.45. The molecular formula is C89H142O16P2.